The molecule has 23 heavy (non-hydrogen) atoms. The van der Waals surface area contributed by atoms with Gasteiger partial charge in [0.15, 0.2) is 0 Å². The molecular weight excluding hydrogens is 314 g/mol. The van der Waals surface area contributed by atoms with Crippen LogP contribution >= 0.6 is 12.4 Å². The maximum absolute atomic E-state index is 12.8. The van der Waals surface area contributed by atoms with Crippen LogP contribution in [0.3, 0.4) is 0 Å². The van der Waals surface area contributed by atoms with Crippen LogP contribution in [0.1, 0.15) is 58.8 Å². The highest BCUT2D eigenvalue weighted by Gasteiger charge is 2.35. The van der Waals surface area contributed by atoms with E-state index in [0.717, 1.165) is 38.5 Å². The predicted octanol–water partition coefficient (Wildman–Crippen LogP) is 2.08. The van der Waals surface area contributed by atoms with Crippen LogP contribution < -0.4 is 11.1 Å². The third-order valence-electron chi connectivity index (χ3n) is 5.02. The SMILES string of the molecule is CC(C)CC(C(=O)NC1CCCC1CN)N1CCCCC1=O.Cl. The summed E-state index contributed by atoms with van der Waals surface area (Å²) in [6.07, 6.45) is 6.50. The van der Waals surface area contributed by atoms with Gasteiger partial charge in [0.1, 0.15) is 6.04 Å². The summed E-state index contributed by atoms with van der Waals surface area (Å²) in [5.74, 6) is 0.934. The lowest BCUT2D eigenvalue weighted by Gasteiger charge is -2.35. The van der Waals surface area contributed by atoms with Crippen molar-refractivity contribution in [2.24, 2.45) is 17.6 Å². The molecule has 1 aliphatic heterocycles. The van der Waals surface area contributed by atoms with E-state index >= 15 is 0 Å². The zero-order valence-corrected chi connectivity index (χ0v) is 15.2. The van der Waals surface area contributed by atoms with Crippen molar-refractivity contribution in [3.8, 4) is 0 Å². The normalized spacial score (nSPS) is 26.1. The second-order valence-electron chi connectivity index (χ2n) is 7.23. The molecule has 0 radical (unpaired) electrons. The second-order valence-corrected chi connectivity index (χ2v) is 7.23. The van der Waals surface area contributed by atoms with Crippen molar-refractivity contribution in [3.63, 3.8) is 0 Å². The number of hydrogen-bond acceptors (Lipinski definition) is 3. The molecule has 2 rings (SSSR count). The van der Waals surface area contributed by atoms with Crippen LogP contribution in [0.4, 0.5) is 0 Å². The lowest BCUT2D eigenvalue weighted by molar-refractivity contribution is -0.143. The predicted molar refractivity (Wildman–Crippen MR) is 94.4 cm³/mol. The van der Waals surface area contributed by atoms with E-state index in [1.807, 2.05) is 4.90 Å². The molecule has 3 N–H and O–H groups in total. The molecule has 0 spiro atoms. The molecule has 0 aromatic rings. The number of nitrogens with zero attached hydrogens (tertiary/aromatic N) is 1. The average Bonchev–Trinajstić information content (AvgIpc) is 2.92. The zero-order valence-electron chi connectivity index (χ0n) is 14.4. The summed E-state index contributed by atoms with van der Waals surface area (Å²) in [6, 6.07) is -0.126. The van der Waals surface area contributed by atoms with Crippen molar-refractivity contribution in [1.82, 2.24) is 10.2 Å². The molecule has 2 amide bonds. The number of nitrogens with two attached hydrogens (primary N) is 1. The van der Waals surface area contributed by atoms with Gasteiger partial charge in [-0.2, -0.15) is 0 Å². The van der Waals surface area contributed by atoms with Crippen molar-refractivity contribution in [3.05, 3.63) is 0 Å². The molecule has 1 saturated heterocycles. The van der Waals surface area contributed by atoms with Gasteiger partial charge in [0.25, 0.3) is 0 Å². The largest absolute Gasteiger partial charge is 0.351 e. The Balaban J connectivity index is 0.00000264. The van der Waals surface area contributed by atoms with Crippen LogP contribution in [-0.2, 0) is 9.59 Å². The van der Waals surface area contributed by atoms with E-state index in [1.165, 1.54) is 0 Å². The quantitative estimate of drug-likeness (QED) is 0.773. The number of carbonyl (C=O) groups is 2. The second kappa shape index (κ2) is 9.48. The summed E-state index contributed by atoms with van der Waals surface area (Å²) in [5.41, 5.74) is 5.81. The number of hydrogen-bond donors (Lipinski definition) is 2. The maximum Gasteiger partial charge on any atom is 0.243 e. The fourth-order valence-corrected chi connectivity index (χ4v) is 3.77. The van der Waals surface area contributed by atoms with E-state index in [4.69, 9.17) is 5.73 Å². The van der Waals surface area contributed by atoms with Gasteiger partial charge in [-0.25, -0.2) is 0 Å². The fourth-order valence-electron chi connectivity index (χ4n) is 3.77. The van der Waals surface area contributed by atoms with E-state index < -0.39 is 0 Å². The van der Waals surface area contributed by atoms with Crippen LogP contribution in [0.5, 0.6) is 0 Å². The standard InChI is InChI=1S/C17H31N3O2.ClH/c1-12(2)10-15(20-9-4-3-8-16(20)21)17(22)19-14-7-5-6-13(14)11-18;/h12-15H,3-11,18H2,1-2H3,(H,19,22);1H. The first-order chi connectivity index (χ1) is 10.5. The van der Waals surface area contributed by atoms with E-state index in [-0.39, 0.29) is 36.3 Å². The third-order valence-corrected chi connectivity index (χ3v) is 5.02. The minimum atomic E-state index is -0.313. The first-order valence-electron chi connectivity index (χ1n) is 8.82. The first kappa shape index (κ1) is 20.2. The number of carbonyl (C=O) groups excluding carboxylic acids is 2. The van der Waals surface area contributed by atoms with E-state index in [1.54, 1.807) is 0 Å². The van der Waals surface area contributed by atoms with E-state index in [0.29, 0.717) is 31.3 Å². The van der Waals surface area contributed by atoms with Crippen LogP contribution in [0.15, 0.2) is 0 Å². The lowest BCUT2D eigenvalue weighted by Crippen LogP contribution is -2.54. The molecule has 5 nitrogen and oxygen atoms in total. The summed E-state index contributed by atoms with van der Waals surface area (Å²) < 4.78 is 0. The minimum absolute atomic E-state index is 0. The molecule has 1 aliphatic carbocycles. The molecule has 1 saturated carbocycles. The van der Waals surface area contributed by atoms with Gasteiger partial charge in [-0.3, -0.25) is 9.59 Å². The van der Waals surface area contributed by atoms with Crippen LogP contribution in [0.25, 0.3) is 0 Å². The number of likely N-dealkylation sites (tertiary alicyclic amines) is 1. The highest BCUT2D eigenvalue weighted by Crippen LogP contribution is 2.26. The highest BCUT2D eigenvalue weighted by molar-refractivity contribution is 5.88. The molecule has 2 fully saturated rings. The first-order valence-corrected chi connectivity index (χ1v) is 8.82. The van der Waals surface area contributed by atoms with Crippen LogP contribution in [0, 0.1) is 11.8 Å². The Bertz CT molecular complexity index is 403. The molecule has 0 aromatic carbocycles. The van der Waals surface area contributed by atoms with Gasteiger partial charge >= 0.3 is 0 Å². The van der Waals surface area contributed by atoms with Gasteiger partial charge in [-0.15, -0.1) is 12.4 Å². The summed E-state index contributed by atoms with van der Waals surface area (Å²) in [5, 5.41) is 3.19. The van der Waals surface area contributed by atoms with Gasteiger partial charge in [0.05, 0.1) is 0 Å². The van der Waals surface area contributed by atoms with Crippen molar-refractivity contribution < 1.29 is 9.59 Å². The van der Waals surface area contributed by atoms with Crippen molar-refractivity contribution in [2.75, 3.05) is 13.1 Å². The summed E-state index contributed by atoms with van der Waals surface area (Å²) in [4.78, 5) is 26.8. The van der Waals surface area contributed by atoms with Gasteiger partial charge in [0, 0.05) is 19.0 Å². The Morgan fingerprint density at radius 2 is 2.04 bits per heavy atom. The average molecular weight is 346 g/mol. The zero-order chi connectivity index (χ0) is 16.1. The molecule has 6 heteroatoms. The smallest absolute Gasteiger partial charge is 0.243 e. The molecular formula is C17H32ClN3O2. The Morgan fingerprint density at radius 3 is 2.65 bits per heavy atom. The lowest BCUT2D eigenvalue weighted by atomic mass is 9.97. The number of piperidine rings is 1. The van der Waals surface area contributed by atoms with Crippen LogP contribution in [0.2, 0.25) is 0 Å². The Hall–Kier alpha value is -0.810. The van der Waals surface area contributed by atoms with Crippen molar-refractivity contribution in [1.29, 1.82) is 0 Å². The molecule has 2 aliphatic rings. The van der Waals surface area contributed by atoms with Gasteiger partial charge < -0.3 is 16.0 Å². The summed E-state index contributed by atoms with van der Waals surface area (Å²) in [6.45, 7) is 5.55. The molecule has 0 aromatic heterocycles. The topological polar surface area (TPSA) is 75.4 Å². The molecule has 3 unspecified atom stereocenters. The molecule has 0 bridgehead atoms. The van der Waals surface area contributed by atoms with Crippen LogP contribution in [-0.4, -0.2) is 41.9 Å². The molecule has 134 valence electrons. The van der Waals surface area contributed by atoms with Gasteiger partial charge in [-0.05, 0) is 50.5 Å². The van der Waals surface area contributed by atoms with Gasteiger partial charge in [0.2, 0.25) is 11.8 Å². The van der Waals surface area contributed by atoms with Gasteiger partial charge in [-0.1, -0.05) is 20.3 Å². The maximum atomic E-state index is 12.8. The molecule has 1 heterocycles. The van der Waals surface area contributed by atoms with Crippen molar-refractivity contribution >= 4 is 24.2 Å². The van der Waals surface area contributed by atoms with E-state index in [9.17, 15) is 9.59 Å². The Morgan fingerprint density at radius 1 is 1.30 bits per heavy atom. The number of halogens is 1. The summed E-state index contributed by atoms with van der Waals surface area (Å²) >= 11 is 0. The summed E-state index contributed by atoms with van der Waals surface area (Å²) in [7, 11) is 0. The van der Waals surface area contributed by atoms with E-state index in [2.05, 4.69) is 19.2 Å². The van der Waals surface area contributed by atoms with Crippen molar-refractivity contribution in [2.45, 2.75) is 70.9 Å². The number of rotatable bonds is 6. The number of nitrogens with one attached hydrogen (secondary N) is 1. The minimum Gasteiger partial charge on any atom is -0.351 e. The Labute approximate surface area is 146 Å². The molecule has 3 atom stereocenters. The fraction of sp³-hybridized carbons (Fsp3) is 0.882. The third kappa shape index (κ3) is 5.35. The Kier molecular flexibility index (Phi) is 8.34. The monoisotopic (exact) mass is 345 g/mol. The highest BCUT2D eigenvalue weighted by atomic mass is 35.5. The number of amides is 2.